The summed E-state index contributed by atoms with van der Waals surface area (Å²) >= 11 is 0. The predicted molar refractivity (Wildman–Crippen MR) is 60.1 cm³/mol. The summed E-state index contributed by atoms with van der Waals surface area (Å²) in [6, 6.07) is 8.82. The maximum atomic E-state index is 2.44. The topological polar surface area (TPSA) is 0 Å². The fraction of sp³-hybridized carbons (Fsp3) is 0.429. The minimum atomic E-state index is 0.905. The van der Waals surface area contributed by atoms with Crippen molar-refractivity contribution < 1.29 is 0 Å². The lowest BCUT2D eigenvalue weighted by molar-refractivity contribution is 0.634. The van der Waals surface area contributed by atoms with Gasteiger partial charge < -0.3 is 0 Å². The molecule has 0 saturated heterocycles. The minimum Gasteiger partial charge on any atom is -0.0621 e. The first-order chi connectivity index (χ1) is 6.93. The molecule has 0 radical (unpaired) electrons. The largest absolute Gasteiger partial charge is 0.0621 e. The summed E-state index contributed by atoms with van der Waals surface area (Å²) in [5, 5.41) is 0. The Hall–Kier alpha value is -1.04. The quantitative estimate of drug-likeness (QED) is 0.622. The monoisotopic (exact) mass is 184 g/mol. The molecular weight excluding hydrogens is 168 g/mol. The number of hydrogen-bond acceptors (Lipinski definition) is 0. The molecule has 0 aliphatic heterocycles. The number of hydrogen-bond donors (Lipinski definition) is 0. The molecule has 1 fully saturated rings. The highest BCUT2D eigenvalue weighted by atomic mass is 14.3. The minimum absolute atomic E-state index is 0.905. The van der Waals surface area contributed by atoms with Gasteiger partial charge in [0.15, 0.2) is 0 Å². The molecule has 0 amide bonds. The second-order valence-corrected chi connectivity index (χ2v) is 4.58. The average molecular weight is 184 g/mol. The second-order valence-electron chi connectivity index (χ2n) is 4.58. The van der Waals surface area contributed by atoms with Gasteiger partial charge in [0.1, 0.15) is 0 Å². The molecule has 0 spiro atoms. The van der Waals surface area contributed by atoms with Crippen molar-refractivity contribution in [3.63, 3.8) is 0 Å². The van der Waals surface area contributed by atoms with Gasteiger partial charge in [0.2, 0.25) is 0 Å². The normalized spacial score (nSPS) is 21.0. The summed E-state index contributed by atoms with van der Waals surface area (Å²) in [4.78, 5) is 0. The van der Waals surface area contributed by atoms with Crippen molar-refractivity contribution in [1.29, 1.82) is 0 Å². The molecule has 0 unspecified atom stereocenters. The van der Waals surface area contributed by atoms with E-state index in [4.69, 9.17) is 0 Å². The van der Waals surface area contributed by atoms with E-state index in [1.807, 2.05) is 0 Å². The Morgan fingerprint density at radius 2 is 1.79 bits per heavy atom. The van der Waals surface area contributed by atoms with Crippen LogP contribution >= 0.6 is 0 Å². The Balaban J connectivity index is 1.87. The molecule has 1 aromatic carbocycles. The van der Waals surface area contributed by atoms with Crippen molar-refractivity contribution in [3.8, 4) is 0 Å². The number of fused-ring (bicyclic) bond motifs is 1. The summed E-state index contributed by atoms with van der Waals surface area (Å²) in [5.41, 5.74) is 4.70. The van der Waals surface area contributed by atoms with Crippen molar-refractivity contribution in [2.75, 3.05) is 0 Å². The maximum absolute atomic E-state index is 2.44. The Labute approximate surface area is 85.6 Å². The molecule has 0 heterocycles. The van der Waals surface area contributed by atoms with E-state index in [0.717, 1.165) is 5.92 Å². The molecule has 0 aromatic heterocycles. The highest BCUT2D eigenvalue weighted by Crippen LogP contribution is 2.37. The van der Waals surface area contributed by atoms with Crippen molar-refractivity contribution in [1.82, 2.24) is 0 Å². The van der Waals surface area contributed by atoms with Crippen LogP contribution in [-0.2, 0) is 6.42 Å². The third kappa shape index (κ3) is 1.30. The summed E-state index contributed by atoms with van der Waals surface area (Å²) in [7, 11) is 0. The number of allylic oxidation sites excluding steroid dienone is 1. The van der Waals surface area contributed by atoms with Crippen LogP contribution in [0.5, 0.6) is 0 Å². The third-order valence-electron chi connectivity index (χ3n) is 3.67. The summed E-state index contributed by atoms with van der Waals surface area (Å²) in [5.74, 6) is 0.905. The van der Waals surface area contributed by atoms with E-state index in [9.17, 15) is 0 Å². The molecule has 0 heteroatoms. The zero-order chi connectivity index (χ0) is 9.38. The number of rotatable bonds is 1. The number of benzene rings is 1. The first kappa shape index (κ1) is 8.28. The van der Waals surface area contributed by atoms with E-state index in [2.05, 4.69) is 30.3 Å². The highest BCUT2D eigenvalue weighted by molar-refractivity contribution is 5.64. The van der Waals surface area contributed by atoms with Crippen molar-refractivity contribution in [2.24, 2.45) is 5.92 Å². The van der Waals surface area contributed by atoms with Crippen molar-refractivity contribution in [2.45, 2.75) is 32.1 Å². The van der Waals surface area contributed by atoms with Crippen LogP contribution in [0.2, 0.25) is 0 Å². The zero-order valence-corrected chi connectivity index (χ0v) is 8.50. The van der Waals surface area contributed by atoms with Gasteiger partial charge in [0.05, 0.1) is 0 Å². The van der Waals surface area contributed by atoms with Gasteiger partial charge in [0, 0.05) is 0 Å². The average Bonchev–Trinajstić information content (AvgIpc) is 2.86. The van der Waals surface area contributed by atoms with Crippen LogP contribution in [0.15, 0.2) is 29.8 Å². The molecule has 2 aliphatic carbocycles. The first-order valence-electron chi connectivity index (χ1n) is 5.72. The Bertz CT molecular complexity index is 367. The van der Waals surface area contributed by atoms with Gasteiger partial charge in [0.25, 0.3) is 0 Å². The molecule has 3 rings (SSSR count). The SMILES string of the molecule is C1=C(C2CCCC2)Cc2ccccc21. The van der Waals surface area contributed by atoms with Crippen LogP contribution in [0.25, 0.3) is 6.08 Å². The van der Waals surface area contributed by atoms with E-state index in [-0.39, 0.29) is 0 Å². The van der Waals surface area contributed by atoms with Gasteiger partial charge in [-0.1, -0.05) is 48.8 Å². The standard InChI is InChI=1S/C14H16/c1-2-6-11(5-1)14-9-12-7-3-4-8-13(12)10-14/h3-4,7-9,11H,1-2,5-6,10H2. The smallest absolute Gasteiger partial charge is 0.00551 e. The van der Waals surface area contributed by atoms with E-state index in [1.54, 1.807) is 5.57 Å². The van der Waals surface area contributed by atoms with Crippen LogP contribution in [0.4, 0.5) is 0 Å². The molecule has 0 bridgehead atoms. The lowest BCUT2D eigenvalue weighted by Crippen LogP contribution is -1.97. The third-order valence-corrected chi connectivity index (χ3v) is 3.67. The Kier molecular flexibility index (Phi) is 1.93. The molecule has 1 saturated carbocycles. The molecule has 2 aliphatic rings. The second kappa shape index (κ2) is 3.27. The van der Waals surface area contributed by atoms with Gasteiger partial charge in [-0.05, 0) is 36.3 Å². The summed E-state index contributed by atoms with van der Waals surface area (Å²) in [6.07, 6.45) is 9.41. The predicted octanol–water partition coefficient (Wildman–Crippen LogP) is 3.82. The lowest BCUT2D eigenvalue weighted by Gasteiger charge is -2.09. The highest BCUT2D eigenvalue weighted by Gasteiger charge is 2.22. The molecule has 1 aromatic rings. The van der Waals surface area contributed by atoms with Gasteiger partial charge in [-0.25, -0.2) is 0 Å². The maximum Gasteiger partial charge on any atom is -0.00551 e. The molecule has 0 N–H and O–H groups in total. The van der Waals surface area contributed by atoms with E-state index < -0.39 is 0 Å². The van der Waals surface area contributed by atoms with E-state index in [0.29, 0.717) is 0 Å². The van der Waals surface area contributed by atoms with Gasteiger partial charge in [-0.3, -0.25) is 0 Å². The summed E-state index contributed by atoms with van der Waals surface area (Å²) in [6.45, 7) is 0. The first-order valence-corrected chi connectivity index (χ1v) is 5.72. The van der Waals surface area contributed by atoms with Crippen molar-refractivity contribution >= 4 is 6.08 Å². The van der Waals surface area contributed by atoms with Crippen LogP contribution in [0, 0.1) is 5.92 Å². The Morgan fingerprint density at radius 3 is 2.57 bits per heavy atom. The van der Waals surface area contributed by atoms with E-state index >= 15 is 0 Å². The van der Waals surface area contributed by atoms with Crippen LogP contribution < -0.4 is 0 Å². The van der Waals surface area contributed by atoms with E-state index in [1.165, 1.54) is 43.2 Å². The van der Waals surface area contributed by atoms with Gasteiger partial charge in [-0.2, -0.15) is 0 Å². The fourth-order valence-corrected chi connectivity index (χ4v) is 2.87. The van der Waals surface area contributed by atoms with Crippen molar-refractivity contribution in [3.05, 3.63) is 41.0 Å². The van der Waals surface area contributed by atoms with Crippen LogP contribution in [-0.4, -0.2) is 0 Å². The summed E-state index contributed by atoms with van der Waals surface area (Å²) < 4.78 is 0. The van der Waals surface area contributed by atoms with Gasteiger partial charge in [-0.15, -0.1) is 0 Å². The molecule has 0 atom stereocenters. The lowest BCUT2D eigenvalue weighted by atomic mass is 9.96. The Morgan fingerprint density at radius 1 is 1.00 bits per heavy atom. The van der Waals surface area contributed by atoms with Crippen LogP contribution in [0.1, 0.15) is 36.8 Å². The van der Waals surface area contributed by atoms with Crippen LogP contribution in [0.3, 0.4) is 0 Å². The molecule has 14 heavy (non-hydrogen) atoms. The van der Waals surface area contributed by atoms with Gasteiger partial charge >= 0.3 is 0 Å². The fourth-order valence-electron chi connectivity index (χ4n) is 2.87. The zero-order valence-electron chi connectivity index (χ0n) is 8.50. The molecule has 72 valence electrons. The molecule has 0 nitrogen and oxygen atoms in total. The molecular formula is C14H16.